The van der Waals surface area contributed by atoms with Crippen LogP contribution in [0.25, 0.3) is 0 Å². The lowest BCUT2D eigenvalue weighted by atomic mass is 9.93. The van der Waals surface area contributed by atoms with Gasteiger partial charge in [0.1, 0.15) is 0 Å². The Hall–Kier alpha value is -1.22. The molecule has 0 N–H and O–H groups in total. The van der Waals surface area contributed by atoms with Crippen LogP contribution in [0.2, 0.25) is 0 Å². The number of hydrogen-bond donors (Lipinski definition) is 0. The van der Waals surface area contributed by atoms with Crippen molar-refractivity contribution in [3.8, 4) is 12.3 Å². The van der Waals surface area contributed by atoms with E-state index in [1.54, 1.807) is 0 Å². The lowest BCUT2D eigenvalue weighted by Gasteiger charge is -2.12. The summed E-state index contributed by atoms with van der Waals surface area (Å²) >= 11 is 0. The predicted octanol–water partition coefficient (Wildman–Crippen LogP) is 3.91. The first kappa shape index (κ1) is 10.9. The van der Waals surface area contributed by atoms with Gasteiger partial charge in [0.05, 0.1) is 0 Å². The van der Waals surface area contributed by atoms with Crippen molar-refractivity contribution in [2.75, 3.05) is 0 Å². The quantitative estimate of drug-likeness (QED) is 0.614. The minimum Gasteiger partial charge on any atom is -0.115 e. The molecule has 0 aliphatic rings. The van der Waals surface area contributed by atoms with Crippen LogP contribution >= 0.6 is 0 Å². The standard InChI is InChI=1S/C14H18/c1-6-12-7-13(10(2)3)9-14(8-12)11(4)5/h1,7-11H,2-5H3. The molecule has 1 aromatic carbocycles. The molecule has 74 valence electrons. The van der Waals surface area contributed by atoms with Gasteiger partial charge in [-0.2, -0.15) is 0 Å². The zero-order valence-electron chi connectivity index (χ0n) is 9.46. The van der Waals surface area contributed by atoms with Crippen molar-refractivity contribution >= 4 is 0 Å². The van der Waals surface area contributed by atoms with Crippen LogP contribution in [0, 0.1) is 12.3 Å². The second-order valence-corrected chi connectivity index (χ2v) is 4.34. The van der Waals surface area contributed by atoms with Crippen molar-refractivity contribution in [2.24, 2.45) is 0 Å². The van der Waals surface area contributed by atoms with Crippen LogP contribution < -0.4 is 0 Å². The van der Waals surface area contributed by atoms with Gasteiger partial charge in [0.25, 0.3) is 0 Å². The van der Waals surface area contributed by atoms with Gasteiger partial charge in [0, 0.05) is 5.56 Å². The van der Waals surface area contributed by atoms with Gasteiger partial charge in [-0.05, 0) is 35.1 Å². The molecule has 0 bridgehead atoms. The van der Waals surface area contributed by atoms with Crippen molar-refractivity contribution in [1.82, 2.24) is 0 Å². The van der Waals surface area contributed by atoms with E-state index in [9.17, 15) is 0 Å². The van der Waals surface area contributed by atoms with Crippen LogP contribution in [0.3, 0.4) is 0 Å². The molecule has 0 heterocycles. The lowest BCUT2D eigenvalue weighted by Crippen LogP contribution is -1.94. The number of terminal acetylenes is 1. The highest BCUT2D eigenvalue weighted by Gasteiger charge is 2.05. The van der Waals surface area contributed by atoms with Gasteiger partial charge in [-0.1, -0.05) is 39.7 Å². The summed E-state index contributed by atoms with van der Waals surface area (Å²) in [6, 6.07) is 6.48. The largest absolute Gasteiger partial charge is 0.115 e. The number of hydrogen-bond acceptors (Lipinski definition) is 0. The fourth-order valence-corrected chi connectivity index (χ4v) is 1.43. The number of benzene rings is 1. The molecule has 0 aliphatic heterocycles. The third-order valence-electron chi connectivity index (χ3n) is 2.48. The van der Waals surface area contributed by atoms with E-state index in [-0.39, 0.29) is 0 Å². The van der Waals surface area contributed by atoms with E-state index in [2.05, 4.69) is 51.8 Å². The Labute approximate surface area is 87.4 Å². The maximum atomic E-state index is 5.44. The summed E-state index contributed by atoms with van der Waals surface area (Å²) in [5, 5.41) is 0. The summed E-state index contributed by atoms with van der Waals surface area (Å²) < 4.78 is 0. The molecular formula is C14H18. The summed E-state index contributed by atoms with van der Waals surface area (Å²) in [6.07, 6.45) is 5.44. The molecule has 0 unspecified atom stereocenters. The Morgan fingerprint density at radius 2 is 1.36 bits per heavy atom. The van der Waals surface area contributed by atoms with Crippen LogP contribution in [0.4, 0.5) is 0 Å². The van der Waals surface area contributed by atoms with Crippen molar-refractivity contribution in [3.05, 3.63) is 34.9 Å². The molecular weight excluding hydrogens is 168 g/mol. The SMILES string of the molecule is C#Cc1cc(C(C)C)cc(C(C)C)c1. The maximum absolute atomic E-state index is 5.44. The van der Waals surface area contributed by atoms with Gasteiger partial charge in [-0.3, -0.25) is 0 Å². The van der Waals surface area contributed by atoms with Crippen LogP contribution in [0.1, 0.15) is 56.2 Å². The topological polar surface area (TPSA) is 0 Å². The highest BCUT2D eigenvalue weighted by atomic mass is 14.1. The molecule has 0 heteroatoms. The highest BCUT2D eigenvalue weighted by molar-refractivity contribution is 5.41. The van der Waals surface area contributed by atoms with Gasteiger partial charge in [-0.25, -0.2) is 0 Å². The molecule has 0 atom stereocenters. The van der Waals surface area contributed by atoms with E-state index in [0.29, 0.717) is 11.8 Å². The summed E-state index contributed by atoms with van der Waals surface area (Å²) in [5.74, 6) is 3.80. The van der Waals surface area contributed by atoms with Gasteiger partial charge in [-0.15, -0.1) is 6.42 Å². The molecule has 0 aliphatic carbocycles. The molecule has 1 aromatic rings. The van der Waals surface area contributed by atoms with E-state index in [1.165, 1.54) is 11.1 Å². The molecule has 0 saturated carbocycles. The third kappa shape index (κ3) is 2.39. The second-order valence-electron chi connectivity index (χ2n) is 4.34. The summed E-state index contributed by atoms with van der Waals surface area (Å²) in [7, 11) is 0. The zero-order chi connectivity index (χ0) is 10.7. The van der Waals surface area contributed by atoms with Gasteiger partial charge in [0.15, 0.2) is 0 Å². The Balaban J connectivity index is 3.22. The molecule has 0 spiro atoms. The average molecular weight is 186 g/mol. The first-order valence-corrected chi connectivity index (χ1v) is 5.16. The monoisotopic (exact) mass is 186 g/mol. The van der Waals surface area contributed by atoms with Crippen molar-refractivity contribution < 1.29 is 0 Å². The molecule has 0 fully saturated rings. The van der Waals surface area contributed by atoms with E-state index in [1.807, 2.05) is 0 Å². The zero-order valence-corrected chi connectivity index (χ0v) is 9.46. The minimum atomic E-state index is 0.542. The Morgan fingerprint density at radius 1 is 0.929 bits per heavy atom. The fraction of sp³-hybridized carbons (Fsp3) is 0.429. The Kier molecular flexibility index (Phi) is 3.36. The number of rotatable bonds is 2. The molecule has 0 nitrogen and oxygen atoms in total. The smallest absolute Gasteiger partial charge is 0.0248 e. The van der Waals surface area contributed by atoms with Crippen molar-refractivity contribution in [1.29, 1.82) is 0 Å². The van der Waals surface area contributed by atoms with E-state index >= 15 is 0 Å². The Bertz CT molecular complexity index is 325. The molecule has 0 saturated heterocycles. The molecule has 1 rings (SSSR count). The van der Waals surface area contributed by atoms with E-state index in [0.717, 1.165) is 5.56 Å². The fourth-order valence-electron chi connectivity index (χ4n) is 1.43. The maximum Gasteiger partial charge on any atom is 0.0248 e. The van der Waals surface area contributed by atoms with Crippen molar-refractivity contribution in [3.63, 3.8) is 0 Å². The van der Waals surface area contributed by atoms with Crippen molar-refractivity contribution in [2.45, 2.75) is 39.5 Å². The normalized spacial score (nSPS) is 10.6. The molecule has 0 radical (unpaired) electrons. The average Bonchev–Trinajstić information content (AvgIpc) is 2.16. The van der Waals surface area contributed by atoms with Crippen LogP contribution in [-0.2, 0) is 0 Å². The van der Waals surface area contributed by atoms with Gasteiger partial charge in [0.2, 0.25) is 0 Å². The molecule has 0 aromatic heterocycles. The Morgan fingerprint density at radius 3 is 1.64 bits per heavy atom. The van der Waals surface area contributed by atoms with Crippen LogP contribution in [-0.4, -0.2) is 0 Å². The van der Waals surface area contributed by atoms with Crippen LogP contribution in [0.5, 0.6) is 0 Å². The minimum absolute atomic E-state index is 0.542. The lowest BCUT2D eigenvalue weighted by molar-refractivity contribution is 0.833. The van der Waals surface area contributed by atoms with Gasteiger partial charge < -0.3 is 0 Å². The van der Waals surface area contributed by atoms with E-state index in [4.69, 9.17) is 6.42 Å². The highest BCUT2D eigenvalue weighted by Crippen LogP contribution is 2.22. The molecule has 0 amide bonds. The first-order valence-electron chi connectivity index (χ1n) is 5.16. The van der Waals surface area contributed by atoms with E-state index < -0.39 is 0 Å². The third-order valence-corrected chi connectivity index (χ3v) is 2.48. The predicted molar refractivity (Wildman–Crippen MR) is 62.6 cm³/mol. The molecule has 14 heavy (non-hydrogen) atoms. The summed E-state index contributed by atoms with van der Waals surface area (Å²) in [5.41, 5.74) is 3.67. The van der Waals surface area contributed by atoms with Gasteiger partial charge >= 0.3 is 0 Å². The summed E-state index contributed by atoms with van der Waals surface area (Å²) in [4.78, 5) is 0. The van der Waals surface area contributed by atoms with Crippen LogP contribution in [0.15, 0.2) is 18.2 Å². The first-order chi connectivity index (χ1) is 6.54. The summed E-state index contributed by atoms with van der Waals surface area (Å²) in [6.45, 7) is 8.78. The second kappa shape index (κ2) is 4.33.